The van der Waals surface area contributed by atoms with E-state index in [1.54, 1.807) is 0 Å². The second-order valence-electron chi connectivity index (χ2n) is 5.79. The molecule has 0 amide bonds. The fourth-order valence-corrected chi connectivity index (χ4v) is 4.33. The zero-order valence-electron chi connectivity index (χ0n) is 13.5. The van der Waals surface area contributed by atoms with Gasteiger partial charge in [-0.2, -0.15) is 0 Å². The van der Waals surface area contributed by atoms with Crippen LogP contribution in [-0.4, -0.2) is 23.8 Å². The summed E-state index contributed by atoms with van der Waals surface area (Å²) in [5.74, 6) is 0. The van der Waals surface area contributed by atoms with E-state index in [0.717, 1.165) is 0 Å². The lowest BCUT2D eigenvalue weighted by Gasteiger charge is -2.14. The van der Waals surface area contributed by atoms with E-state index < -0.39 is 0 Å². The van der Waals surface area contributed by atoms with E-state index in [2.05, 4.69) is 13.8 Å². The van der Waals surface area contributed by atoms with Crippen molar-refractivity contribution in [1.82, 2.24) is 0 Å². The first-order chi connectivity index (χ1) is 9.35. The van der Waals surface area contributed by atoms with Crippen LogP contribution in [0.4, 0.5) is 0 Å². The minimum absolute atomic E-state index is 0.0519. The van der Waals surface area contributed by atoms with Gasteiger partial charge in [0.1, 0.15) is 0 Å². The predicted molar refractivity (Wildman–Crippen MR) is 90.5 cm³/mol. The molecule has 19 heavy (non-hydrogen) atoms. The van der Waals surface area contributed by atoms with Crippen LogP contribution in [0.15, 0.2) is 0 Å². The van der Waals surface area contributed by atoms with Gasteiger partial charge < -0.3 is 5.11 Å². The van der Waals surface area contributed by atoms with Crippen LogP contribution < -0.4 is 0 Å². The van der Waals surface area contributed by atoms with Crippen LogP contribution in [-0.2, 0) is 0 Å². The summed E-state index contributed by atoms with van der Waals surface area (Å²) < 4.78 is 0. The van der Waals surface area contributed by atoms with E-state index >= 15 is 0 Å². The van der Waals surface area contributed by atoms with Crippen molar-refractivity contribution in [3.8, 4) is 0 Å². The average Bonchev–Trinajstić information content (AvgIpc) is 2.44. The van der Waals surface area contributed by atoms with Gasteiger partial charge in [-0.1, -0.05) is 86.0 Å². The first-order valence-electron chi connectivity index (χ1n) is 8.68. The van der Waals surface area contributed by atoms with Crippen molar-refractivity contribution in [2.24, 2.45) is 0 Å². The van der Waals surface area contributed by atoms with Crippen LogP contribution in [0.5, 0.6) is 0 Å². The highest BCUT2D eigenvalue weighted by molar-refractivity contribution is 7.57. The van der Waals surface area contributed by atoms with Gasteiger partial charge in [-0.3, -0.25) is 0 Å². The summed E-state index contributed by atoms with van der Waals surface area (Å²) in [6.07, 6.45) is 19.7. The average molecular weight is 288 g/mol. The Kier molecular flexibility index (Phi) is 16.8. The highest BCUT2D eigenvalue weighted by atomic mass is 31.1. The second-order valence-corrected chi connectivity index (χ2v) is 8.31. The molecule has 0 spiro atoms. The fraction of sp³-hybridized carbons (Fsp3) is 1.00. The van der Waals surface area contributed by atoms with Crippen molar-refractivity contribution >= 4 is 7.92 Å². The van der Waals surface area contributed by atoms with E-state index in [0.29, 0.717) is 6.35 Å². The minimum atomic E-state index is -0.0519. The molecular weight excluding hydrogens is 251 g/mol. The molecular formula is C17H37OP. The summed E-state index contributed by atoms with van der Waals surface area (Å²) in [6, 6.07) is 0. The molecule has 0 fully saturated rings. The lowest BCUT2D eigenvalue weighted by atomic mass is 10.1. The van der Waals surface area contributed by atoms with Gasteiger partial charge in [0.15, 0.2) is 0 Å². The molecule has 0 atom stereocenters. The number of unbranched alkanes of at least 4 members (excludes halogenated alkanes) is 10. The Balaban J connectivity index is 3.30. The maximum atomic E-state index is 9.44. The molecule has 0 aliphatic carbocycles. The Morgan fingerprint density at radius 3 is 1.32 bits per heavy atom. The smallest absolute Gasteiger partial charge is 0.0624 e. The third kappa shape index (κ3) is 14.6. The van der Waals surface area contributed by atoms with Crippen molar-refractivity contribution in [2.75, 3.05) is 18.7 Å². The number of aliphatic hydroxyl groups is 1. The number of rotatable bonds is 15. The van der Waals surface area contributed by atoms with Gasteiger partial charge in [0.05, 0.1) is 6.35 Å². The first-order valence-corrected chi connectivity index (χ1v) is 10.6. The molecule has 116 valence electrons. The van der Waals surface area contributed by atoms with Crippen LogP contribution >= 0.6 is 7.92 Å². The van der Waals surface area contributed by atoms with E-state index in [9.17, 15) is 5.11 Å². The fourth-order valence-electron chi connectivity index (χ4n) is 2.48. The Hall–Kier alpha value is 0.390. The molecule has 0 aliphatic heterocycles. The molecule has 0 saturated carbocycles. The largest absolute Gasteiger partial charge is 0.392 e. The van der Waals surface area contributed by atoms with Gasteiger partial charge >= 0.3 is 0 Å². The summed E-state index contributed by atoms with van der Waals surface area (Å²) in [4.78, 5) is 0. The second kappa shape index (κ2) is 16.4. The zero-order chi connectivity index (χ0) is 14.2. The van der Waals surface area contributed by atoms with Crippen LogP contribution in [0.1, 0.15) is 90.9 Å². The highest BCUT2D eigenvalue weighted by Crippen LogP contribution is 2.36. The quantitative estimate of drug-likeness (QED) is 0.283. The standard InChI is InChI=1S/C17H37OP/c1-3-5-7-9-11-13-15-19(17-18)16-14-12-10-8-6-4-2/h18H,3-17H2,1-2H3. The topological polar surface area (TPSA) is 20.2 Å². The third-order valence-electron chi connectivity index (χ3n) is 3.86. The SMILES string of the molecule is CCCCCCCCP(CO)CCCCCCCC. The molecule has 0 aliphatic rings. The molecule has 0 heterocycles. The number of aliphatic hydroxyl groups excluding tert-OH is 1. The summed E-state index contributed by atoms with van der Waals surface area (Å²) in [5.41, 5.74) is 0. The Labute approximate surface area is 123 Å². The molecule has 2 heteroatoms. The zero-order valence-corrected chi connectivity index (χ0v) is 14.4. The monoisotopic (exact) mass is 288 g/mol. The van der Waals surface area contributed by atoms with Crippen molar-refractivity contribution < 1.29 is 5.11 Å². The van der Waals surface area contributed by atoms with Crippen LogP contribution in [0, 0.1) is 0 Å². The summed E-state index contributed by atoms with van der Waals surface area (Å²) in [7, 11) is -0.0519. The van der Waals surface area contributed by atoms with Crippen molar-refractivity contribution in [3.05, 3.63) is 0 Å². The maximum absolute atomic E-state index is 9.44. The Morgan fingerprint density at radius 1 is 0.579 bits per heavy atom. The van der Waals surface area contributed by atoms with Crippen molar-refractivity contribution in [1.29, 1.82) is 0 Å². The van der Waals surface area contributed by atoms with E-state index in [1.165, 1.54) is 89.4 Å². The predicted octanol–water partition coefficient (Wildman–Crippen LogP) is 6.14. The van der Waals surface area contributed by atoms with E-state index in [1.807, 2.05) is 0 Å². The number of hydrogen-bond acceptors (Lipinski definition) is 1. The third-order valence-corrected chi connectivity index (χ3v) is 6.15. The lowest BCUT2D eigenvalue weighted by Crippen LogP contribution is -1.95. The van der Waals surface area contributed by atoms with Gasteiger partial charge in [0.2, 0.25) is 0 Å². The molecule has 0 aromatic rings. The van der Waals surface area contributed by atoms with E-state index in [4.69, 9.17) is 0 Å². The lowest BCUT2D eigenvalue weighted by molar-refractivity contribution is 0.369. The molecule has 0 radical (unpaired) electrons. The van der Waals surface area contributed by atoms with Gasteiger partial charge in [-0.05, 0) is 25.2 Å². The molecule has 0 aromatic carbocycles. The molecule has 0 saturated heterocycles. The molecule has 1 nitrogen and oxygen atoms in total. The van der Waals surface area contributed by atoms with Crippen LogP contribution in [0.2, 0.25) is 0 Å². The van der Waals surface area contributed by atoms with Crippen LogP contribution in [0.3, 0.4) is 0 Å². The highest BCUT2D eigenvalue weighted by Gasteiger charge is 2.05. The molecule has 0 aromatic heterocycles. The summed E-state index contributed by atoms with van der Waals surface area (Å²) in [6.45, 7) is 4.54. The first kappa shape index (κ1) is 19.4. The van der Waals surface area contributed by atoms with Gasteiger partial charge in [0, 0.05) is 0 Å². The normalized spacial score (nSPS) is 11.4. The van der Waals surface area contributed by atoms with E-state index in [-0.39, 0.29) is 7.92 Å². The summed E-state index contributed by atoms with van der Waals surface area (Å²) >= 11 is 0. The minimum Gasteiger partial charge on any atom is -0.392 e. The van der Waals surface area contributed by atoms with Gasteiger partial charge in [-0.25, -0.2) is 0 Å². The molecule has 0 rings (SSSR count). The van der Waals surface area contributed by atoms with Crippen molar-refractivity contribution in [3.63, 3.8) is 0 Å². The Morgan fingerprint density at radius 2 is 0.947 bits per heavy atom. The van der Waals surface area contributed by atoms with Crippen molar-refractivity contribution in [2.45, 2.75) is 90.9 Å². The van der Waals surface area contributed by atoms with Gasteiger partial charge in [0.25, 0.3) is 0 Å². The van der Waals surface area contributed by atoms with Crippen LogP contribution in [0.25, 0.3) is 0 Å². The number of hydrogen-bond donors (Lipinski definition) is 1. The molecule has 1 N–H and O–H groups in total. The summed E-state index contributed by atoms with van der Waals surface area (Å²) in [5, 5.41) is 9.44. The molecule has 0 unspecified atom stereocenters. The maximum Gasteiger partial charge on any atom is 0.0624 e. The van der Waals surface area contributed by atoms with Gasteiger partial charge in [-0.15, -0.1) is 0 Å². The Bertz CT molecular complexity index is 145. The molecule has 0 bridgehead atoms.